The molecule has 0 N–H and O–H groups in total. The summed E-state index contributed by atoms with van der Waals surface area (Å²) in [7, 11) is 0. The predicted molar refractivity (Wildman–Crippen MR) is 91.1 cm³/mol. The van der Waals surface area contributed by atoms with E-state index in [1.54, 1.807) is 6.08 Å². The Kier molecular flexibility index (Phi) is 16.2. The van der Waals surface area contributed by atoms with E-state index >= 15 is 0 Å². The molecule has 0 aliphatic heterocycles. The first-order valence-electron chi connectivity index (χ1n) is 8.35. The molecular formula is C19H32O2. The summed E-state index contributed by atoms with van der Waals surface area (Å²) in [4.78, 5) is 0. The molecule has 0 fully saturated rings. The van der Waals surface area contributed by atoms with Crippen LogP contribution in [0.25, 0.3) is 0 Å². The molecule has 0 saturated heterocycles. The molecule has 0 amide bonds. The average Bonchev–Trinajstić information content (AvgIpc) is 2.50. The number of hydrogen-bond donors (Lipinski definition) is 0. The molecule has 0 bridgehead atoms. The van der Waals surface area contributed by atoms with Gasteiger partial charge in [0.05, 0.1) is 0 Å². The van der Waals surface area contributed by atoms with Crippen molar-refractivity contribution in [3.8, 4) is 11.8 Å². The highest BCUT2D eigenvalue weighted by atomic mass is 16.7. The summed E-state index contributed by atoms with van der Waals surface area (Å²) < 4.78 is 11.7. The third kappa shape index (κ3) is 15.2. The van der Waals surface area contributed by atoms with E-state index in [1.165, 1.54) is 25.7 Å². The number of allylic oxidation sites excluding steroid dienone is 3. The molecule has 0 rings (SSSR count). The van der Waals surface area contributed by atoms with E-state index in [1.807, 2.05) is 6.08 Å². The van der Waals surface area contributed by atoms with Crippen molar-refractivity contribution in [3.05, 3.63) is 24.8 Å². The topological polar surface area (TPSA) is 18.5 Å². The highest BCUT2D eigenvalue weighted by Gasteiger charge is 2.08. The van der Waals surface area contributed by atoms with Gasteiger partial charge in [0.1, 0.15) is 0 Å². The molecule has 2 nitrogen and oxygen atoms in total. The smallest absolute Gasteiger partial charge is 0.157 e. The van der Waals surface area contributed by atoms with Crippen molar-refractivity contribution in [3.63, 3.8) is 0 Å². The van der Waals surface area contributed by atoms with E-state index in [0.29, 0.717) is 0 Å². The minimum atomic E-state index is -0.0734. The van der Waals surface area contributed by atoms with Gasteiger partial charge in [-0.15, -0.1) is 0 Å². The largest absolute Gasteiger partial charge is 0.353 e. The van der Waals surface area contributed by atoms with E-state index < -0.39 is 0 Å². The third-order valence-electron chi connectivity index (χ3n) is 3.06. The average molecular weight is 292 g/mol. The molecule has 0 aromatic heterocycles. The lowest BCUT2D eigenvalue weighted by molar-refractivity contribution is -0.146. The van der Waals surface area contributed by atoms with Gasteiger partial charge >= 0.3 is 0 Å². The Morgan fingerprint density at radius 2 is 1.57 bits per heavy atom. The SMILES string of the molecule is C=CC#C/C=C/CCC(OCCCCC)OCCCCC. The molecule has 2 heteroatoms. The molecule has 0 aliphatic carbocycles. The first-order valence-corrected chi connectivity index (χ1v) is 8.35. The number of hydrogen-bond acceptors (Lipinski definition) is 2. The first kappa shape index (κ1) is 20.0. The van der Waals surface area contributed by atoms with Crippen molar-refractivity contribution in [2.75, 3.05) is 13.2 Å². The van der Waals surface area contributed by atoms with E-state index in [0.717, 1.165) is 38.9 Å². The molecule has 0 aromatic carbocycles. The van der Waals surface area contributed by atoms with Crippen molar-refractivity contribution in [2.45, 2.75) is 71.5 Å². The summed E-state index contributed by atoms with van der Waals surface area (Å²) in [6.45, 7) is 9.56. The van der Waals surface area contributed by atoms with Gasteiger partial charge in [0, 0.05) is 19.6 Å². The minimum Gasteiger partial charge on any atom is -0.353 e. The standard InChI is InChI=1S/C19H32O2/c1-4-7-10-11-12-13-16-19(20-17-14-8-5-2)21-18-15-9-6-3/h4,11-12,19H,1,5-6,8-9,13-18H2,2-3H3/b12-11+. The Labute approximate surface area is 131 Å². The molecule has 0 unspecified atom stereocenters. The molecule has 0 aliphatic rings. The molecule has 120 valence electrons. The maximum absolute atomic E-state index is 5.84. The second-order valence-electron chi connectivity index (χ2n) is 5.06. The lowest BCUT2D eigenvalue weighted by Gasteiger charge is -2.18. The summed E-state index contributed by atoms with van der Waals surface area (Å²) in [6.07, 6.45) is 14.4. The summed E-state index contributed by atoms with van der Waals surface area (Å²) in [6, 6.07) is 0. The van der Waals surface area contributed by atoms with Crippen LogP contribution < -0.4 is 0 Å². The molecule has 21 heavy (non-hydrogen) atoms. The van der Waals surface area contributed by atoms with E-state index in [-0.39, 0.29) is 6.29 Å². The normalized spacial score (nSPS) is 10.8. The van der Waals surface area contributed by atoms with E-state index in [9.17, 15) is 0 Å². The highest BCUT2D eigenvalue weighted by Crippen LogP contribution is 2.09. The summed E-state index contributed by atoms with van der Waals surface area (Å²) in [5, 5.41) is 0. The predicted octanol–water partition coefficient (Wildman–Crippen LogP) is 5.25. The Bertz CT molecular complexity index is 297. The van der Waals surface area contributed by atoms with Gasteiger partial charge in [0.15, 0.2) is 6.29 Å². The molecular weight excluding hydrogens is 260 g/mol. The number of unbranched alkanes of at least 4 members (excludes halogenated alkanes) is 4. The lowest BCUT2D eigenvalue weighted by atomic mass is 10.2. The fraction of sp³-hybridized carbons (Fsp3) is 0.684. The monoisotopic (exact) mass is 292 g/mol. The van der Waals surface area contributed by atoms with E-state index in [4.69, 9.17) is 9.47 Å². The molecule has 0 heterocycles. The van der Waals surface area contributed by atoms with Gasteiger partial charge in [-0.05, 0) is 31.4 Å². The number of rotatable bonds is 13. The van der Waals surface area contributed by atoms with Crippen molar-refractivity contribution >= 4 is 0 Å². The van der Waals surface area contributed by atoms with Gasteiger partial charge in [-0.1, -0.05) is 64.0 Å². The van der Waals surface area contributed by atoms with Crippen LogP contribution in [-0.2, 0) is 9.47 Å². The van der Waals surface area contributed by atoms with Crippen molar-refractivity contribution in [1.82, 2.24) is 0 Å². The van der Waals surface area contributed by atoms with Gasteiger partial charge in [-0.3, -0.25) is 0 Å². The van der Waals surface area contributed by atoms with E-state index in [2.05, 4.69) is 38.3 Å². The lowest BCUT2D eigenvalue weighted by Crippen LogP contribution is -2.18. The van der Waals surface area contributed by atoms with Crippen LogP contribution in [0.5, 0.6) is 0 Å². The zero-order valence-corrected chi connectivity index (χ0v) is 13.9. The van der Waals surface area contributed by atoms with Gasteiger partial charge in [-0.2, -0.15) is 0 Å². The van der Waals surface area contributed by atoms with Gasteiger partial charge in [0.25, 0.3) is 0 Å². The van der Waals surface area contributed by atoms with Crippen LogP contribution in [0.1, 0.15) is 65.2 Å². The molecule has 0 spiro atoms. The Morgan fingerprint density at radius 3 is 2.10 bits per heavy atom. The molecule has 0 radical (unpaired) electrons. The third-order valence-corrected chi connectivity index (χ3v) is 3.06. The maximum Gasteiger partial charge on any atom is 0.157 e. The minimum absolute atomic E-state index is 0.0734. The maximum atomic E-state index is 5.84. The van der Waals surface area contributed by atoms with Crippen LogP contribution in [0.2, 0.25) is 0 Å². The van der Waals surface area contributed by atoms with Crippen molar-refractivity contribution in [1.29, 1.82) is 0 Å². The zero-order chi connectivity index (χ0) is 15.6. The summed E-state index contributed by atoms with van der Waals surface area (Å²) >= 11 is 0. The van der Waals surface area contributed by atoms with Crippen LogP contribution >= 0.6 is 0 Å². The van der Waals surface area contributed by atoms with Gasteiger partial charge < -0.3 is 9.47 Å². The fourth-order valence-corrected chi connectivity index (χ4v) is 1.83. The zero-order valence-electron chi connectivity index (χ0n) is 13.9. The van der Waals surface area contributed by atoms with Crippen LogP contribution in [-0.4, -0.2) is 19.5 Å². The van der Waals surface area contributed by atoms with Gasteiger partial charge in [0.2, 0.25) is 0 Å². The van der Waals surface area contributed by atoms with Crippen LogP contribution in [0.4, 0.5) is 0 Å². The van der Waals surface area contributed by atoms with Gasteiger partial charge in [-0.25, -0.2) is 0 Å². The molecule has 0 aromatic rings. The fourth-order valence-electron chi connectivity index (χ4n) is 1.83. The quantitative estimate of drug-likeness (QED) is 0.262. The number of ether oxygens (including phenoxy) is 2. The first-order chi connectivity index (χ1) is 10.3. The summed E-state index contributed by atoms with van der Waals surface area (Å²) in [5.74, 6) is 5.70. The van der Waals surface area contributed by atoms with Crippen LogP contribution in [0.3, 0.4) is 0 Å². The van der Waals surface area contributed by atoms with Crippen LogP contribution in [0.15, 0.2) is 24.8 Å². The second kappa shape index (κ2) is 17.0. The Hall–Kier alpha value is -1.04. The van der Waals surface area contributed by atoms with Crippen molar-refractivity contribution in [2.24, 2.45) is 0 Å². The molecule has 0 atom stereocenters. The molecule has 0 saturated carbocycles. The summed E-state index contributed by atoms with van der Waals surface area (Å²) in [5.41, 5.74) is 0. The second-order valence-corrected chi connectivity index (χ2v) is 5.06. The van der Waals surface area contributed by atoms with Crippen LogP contribution in [0, 0.1) is 11.8 Å². The highest BCUT2D eigenvalue weighted by molar-refractivity contribution is 5.21. The Balaban J connectivity index is 3.92. The van der Waals surface area contributed by atoms with Crippen molar-refractivity contribution < 1.29 is 9.47 Å². The Morgan fingerprint density at radius 1 is 0.952 bits per heavy atom.